The molecule has 0 fully saturated rings. The van der Waals surface area contributed by atoms with Crippen LogP contribution in [0.1, 0.15) is 35.6 Å². The molecule has 0 atom stereocenters. The molecule has 1 heterocycles. The van der Waals surface area contributed by atoms with Crippen LogP contribution in [0.15, 0.2) is 46.0 Å². The number of fused-ring (bicyclic) bond motifs is 3. The van der Waals surface area contributed by atoms with Gasteiger partial charge in [-0.25, -0.2) is 0 Å². The normalized spacial score (nSPS) is 17.2. The van der Waals surface area contributed by atoms with Gasteiger partial charge in [0, 0.05) is 0 Å². The van der Waals surface area contributed by atoms with Crippen LogP contribution in [0.2, 0.25) is 0 Å². The van der Waals surface area contributed by atoms with Crippen LogP contribution >= 0.6 is 15.9 Å². The minimum atomic E-state index is 0.315. The Bertz CT molecular complexity index is 937. The molecule has 5 rings (SSSR count). The number of allylic oxidation sites excluding steroid dienone is 3. The van der Waals surface area contributed by atoms with Crippen molar-refractivity contribution in [2.75, 3.05) is 6.79 Å². The standard InChI is InChI=1S/C21H17BrO2/c1-12-6-18-17(10-19-21(20(18)22)24-11-23-19)16(12)9-13-7-14-4-2-3-5-15(14)8-13/h2-5,7,10H,6,8-9,11H2,1H3. The zero-order valence-electron chi connectivity index (χ0n) is 13.5. The maximum Gasteiger partial charge on any atom is 0.231 e. The summed E-state index contributed by atoms with van der Waals surface area (Å²) < 4.78 is 12.3. The summed E-state index contributed by atoms with van der Waals surface area (Å²) in [7, 11) is 0. The van der Waals surface area contributed by atoms with Crippen molar-refractivity contribution >= 4 is 27.6 Å². The van der Waals surface area contributed by atoms with Crippen molar-refractivity contribution in [3.05, 3.63) is 68.2 Å². The van der Waals surface area contributed by atoms with E-state index in [2.05, 4.69) is 59.3 Å². The van der Waals surface area contributed by atoms with Crippen LogP contribution in [0.25, 0.3) is 11.6 Å². The van der Waals surface area contributed by atoms with Gasteiger partial charge in [0.15, 0.2) is 11.5 Å². The predicted octanol–water partition coefficient (Wildman–Crippen LogP) is 5.54. The smallest absolute Gasteiger partial charge is 0.231 e. The number of benzene rings is 2. The monoisotopic (exact) mass is 380 g/mol. The van der Waals surface area contributed by atoms with Crippen LogP contribution in [0, 0.1) is 0 Å². The van der Waals surface area contributed by atoms with Gasteiger partial charge in [-0.1, -0.05) is 41.5 Å². The molecular formula is C21H17BrO2. The Morgan fingerprint density at radius 3 is 2.88 bits per heavy atom. The zero-order valence-corrected chi connectivity index (χ0v) is 15.1. The van der Waals surface area contributed by atoms with Crippen molar-refractivity contribution in [2.24, 2.45) is 0 Å². The third kappa shape index (κ3) is 2.07. The van der Waals surface area contributed by atoms with E-state index in [-0.39, 0.29) is 0 Å². The summed E-state index contributed by atoms with van der Waals surface area (Å²) in [6, 6.07) is 10.9. The molecule has 0 bridgehead atoms. The van der Waals surface area contributed by atoms with E-state index < -0.39 is 0 Å². The number of hydrogen-bond donors (Lipinski definition) is 0. The van der Waals surface area contributed by atoms with Crippen LogP contribution < -0.4 is 9.47 Å². The van der Waals surface area contributed by atoms with Crippen molar-refractivity contribution in [1.29, 1.82) is 0 Å². The number of hydrogen-bond acceptors (Lipinski definition) is 2. The summed E-state index contributed by atoms with van der Waals surface area (Å²) >= 11 is 3.73. The van der Waals surface area contributed by atoms with Crippen LogP contribution in [0.4, 0.5) is 0 Å². The van der Waals surface area contributed by atoms with Gasteiger partial charge in [-0.15, -0.1) is 0 Å². The van der Waals surface area contributed by atoms with Crippen molar-refractivity contribution in [2.45, 2.75) is 26.2 Å². The zero-order chi connectivity index (χ0) is 16.3. The average Bonchev–Trinajstić information content (AvgIpc) is 3.27. The second-order valence-electron chi connectivity index (χ2n) is 6.74. The molecule has 0 spiro atoms. The fourth-order valence-corrected chi connectivity index (χ4v) is 4.69. The minimum Gasteiger partial charge on any atom is -0.454 e. The average molecular weight is 381 g/mol. The van der Waals surface area contributed by atoms with Gasteiger partial charge in [-0.05, 0) is 76.0 Å². The van der Waals surface area contributed by atoms with Crippen LogP contribution in [0.5, 0.6) is 11.5 Å². The van der Waals surface area contributed by atoms with Crippen molar-refractivity contribution < 1.29 is 9.47 Å². The summed E-state index contributed by atoms with van der Waals surface area (Å²) in [4.78, 5) is 0. The lowest BCUT2D eigenvalue weighted by Gasteiger charge is -2.11. The summed E-state index contributed by atoms with van der Waals surface area (Å²) in [6.07, 6.45) is 5.42. The third-order valence-corrected chi connectivity index (χ3v) is 6.06. The molecule has 0 saturated heterocycles. The molecule has 0 unspecified atom stereocenters. The highest BCUT2D eigenvalue weighted by Gasteiger charge is 2.29. The molecule has 2 nitrogen and oxygen atoms in total. The fourth-order valence-electron chi connectivity index (χ4n) is 4.02. The molecule has 24 heavy (non-hydrogen) atoms. The van der Waals surface area contributed by atoms with Gasteiger partial charge in [-0.3, -0.25) is 0 Å². The molecule has 0 aromatic heterocycles. The first-order valence-corrected chi connectivity index (χ1v) is 9.07. The molecule has 3 aliphatic rings. The van der Waals surface area contributed by atoms with Gasteiger partial charge in [0.25, 0.3) is 0 Å². The Hall–Kier alpha value is -2.00. The molecular weight excluding hydrogens is 364 g/mol. The summed E-state index contributed by atoms with van der Waals surface area (Å²) in [5.74, 6) is 1.71. The van der Waals surface area contributed by atoms with Gasteiger partial charge in [0.1, 0.15) is 0 Å². The molecule has 2 aliphatic carbocycles. The Labute approximate surface area is 149 Å². The second-order valence-corrected chi connectivity index (χ2v) is 7.53. The van der Waals surface area contributed by atoms with E-state index in [1.807, 2.05) is 0 Å². The molecule has 3 heteroatoms. The Morgan fingerprint density at radius 1 is 1.12 bits per heavy atom. The van der Waals surface area contributed by atoms with Gasteiger partial charge in [0.05, 0.1) is 4.47 Å². The lowest BCUT2D eigenvalue weighted by molar-refractivity contribution is 0.173. The molecule has 1 aliphatic heterocycles. The topological polar surface area (TPSA) is 18.5 Å². The number of halogens is 1. The fraction of sp³-hybridized carbons (Fsp3) is 0.238. The van der Waals surface area contributed by atoms with E-state index in [0.717, 1.165) is 35.2 Å². The molecule has 0 N–H and O–H groups in total. The predicted molar refractivity (Wildman–Crippen MR) is 99.3 cm³/mol. The van der Waals surface area contributed by atoms with Gasteiger partial charge in [0.2, 0.25) is 6.79 Å². The van der Waals surface area contributed by atoms with E-state index >= 15 is 0 Å². The lowest BCUT2D eigenvalue weighted by atomic mass is 9.96. The lowest BCUT2D eigenvalue weighted by Crippen LogP contribution is -1.93. The van der Waals surface area contributed by atoms with Crippen LogP contribution in [-0.2, 0) is 12.8 Å². The first-order valence-electron chi connectivity index (χ1n) is 8.28. The maximum absolute atomic E-state index is 5.62. The van der Waals surface area contributed by atoms with Gasteiger partial charge in [-0.2, -0.15) is 0 Å². The van der Waals surface area contributed by atoms with E-state index in [9.17, 15) is 0 Å². The summed E-state index contributed by atoms with van der Waals surface area (Å²) in [5, 5.41) is 0. The van der Waals surface area contributed by atoms with Gasteiger partial charge < -0.3 is 9.47 Å². The van der Waals surface area contributed by atoms with Gasteiger partial charge >= 0.3 is 0 Å². The Kier molecular flexibility index (Phi) is 3.14. The number of rotatable bonds is 2. The first kappa shape index (κ1) is 14.4. The van der Waals surface area contributed by atoms with Crippen molar-refractivity contribution in [1.82, 2.24) is 0 Å². The molecule has 0 amide bonds. The Balaban J connectivity index is 1.51. The van der Waals surface area contributed by atoms with E-state index in [1.54, 1.807) is 0 Å². The number of ether oxygens (including phenoxy) is 2. The SMILES string of the molecule is CC1=C(CC2=Cc3ccccc3C2)c2cc3c(c(Br)c2C1)OCO3. The van der Waals surface area contributed by atoms with Crippen molar-refractivity contribution in [3.63, 3.8) is 0 Å². The minimum absolute atomic E-state index is 0.315. The molecule has 0 saturated carbocycles. The van der Waals surface area contributed by atoms with Crippen LogP contribution in [0.3, 0.4) is 0 Å². The molecule has 2 aromatic rings. The maximum atomic E-state index is 5.62. The molecule has 0 radical (unpaired) electrons. The van der Waals surface area contributed by atoms with Crippen molar-refractivity contribution in [3.8, 4) is 11.5 Å². The largest absolute Gasteiger partial charge is 0.454 e. The summed E-state index contributed by atoms with van der Waals surface area (Å²) in [5.41, 5.74) is 9.86. The summed E-state index contributed by atoms with van der Waals surface area (Å²) in [6.45, 7) is 2.56. The third-order valence-electron chi connectivity index (χ3n) is 5.22. The first-order chi connectivity index (χ1) is 11.7. The highest BCUT2D eigenvalue weighted by Crippen LogP contribution is 2.50. The highest BCUT2D eigenvalue weighted by atomic mass is 79.9. The second kappa shape index (κ2) is 5.25. The molecule has 120 valence electrons. The molecule has 2 aromatic carbocycles. The van der Waals surface area contributed by atoms with E-state index in [1.165, 1.54) is 39.0 Å². The van der Waals surface area contributed by atoms with E-state index in [0.29, 0.717) is 6.79 Å². The highest BCUT2D eigenvalue weighted by molar-refractivity contribution is 9.10. The van der Waals surface area contributed by atoms with E-state index in [4.69, 9.17) is 9.47 Å². The quantitative estimate of drug-likeness (QED) is 0.680. The van der Waals surface area contributed by atoms with Crippen LogP contribution in [-0.4, -0.2) is 6.79 Å². The Morgan fingerprint density at radius 2 is 2.00 bits per heavy atom.